The summed E-state index contributed by atoms with van der Waals surface area (Å²) in [5.74, 6) is 1.09. The van der Waals surface area contributed by atoms with Gasteiger partial charge in [0.15, 0.2) is 0 Å². The van der Waals surface area contributed by atoms with Gasteiger partial charge in [-0.2, -0.15) is 0 Å². The van der Waals surface area contributed by atoms with Crippen molar-refractivity contribution in [2.24, 2.45) is 5.92 Å². The number of rotatable bonds is 7. The van der Waals surface area contributed by atoms with E-state index in [-0.39, 0.29) is 36.4 Å². The summed E-state index contributed by atoms with van der Waals surface area (Å²) in [5, 5.41) is 2.10. The van der Waals surface area contributed by atoms with E-state index in [0.29, 0.717) is 13.2 Å². The van der Waals surface area contributed by atoms with E-state index in [1.165, 1.54) is 10.4 Å². The summed E-state index contributed by atoms with van der Waals surface area (Å²) in [4.78, 5) is 31.7. The van der Waals surface area contributed by atoms with Crippen LogP contribution in [-0.2, 0) is 16.0 Å². The van der Waals surface area contributed by atoms with Crippen molar-refractivity contribution in [2.75, 3.05) is 19.7 Å². The lowest BCUT2D eigenvalue weighted by Gasteiger charge is -2.38. The molecule has 1 saturated carbocycles. The van der Waals surface area contributed by atoms with Crippen LogP contribution < -0.4 is 4.74 Å². The zero-order valence-corrected chi connectivity index (χ0v) is 20.2. The molecule has 1 aromatic heterocycles. The number of thiophene rings is 1. The molecule has 172 valence electrons. The molecular weight excluding hydrogens is 420 g/mol. The van der Waals surface area contributed by atoms with Gasteiger partial charge in [0, 0.05) is 23.4 Å². The summed E-state index contributed by atoms with van der Waals surface area (Å²) in [6, 6.07) is 9.97. The Kier molecular flexibility index (Phi) is 7.19. The minimum atomic E-state index is -0.132. The van der Waals surface area contributed by atoms with E-state index in [4.69, 9.17) is 4.74 Å². The minimum absolute atomic E-state index is 0.00946. The fraction of sp³-hybridized carbons (Fsp3) is 0.538. The summed E-state index contributed by atoms with van der Waals surface area (Å²) in [6.07, 6.45) is 4.98. The number of hydrogen-bond acceptors (Lipinski definition) is 4. The maximum absolute atomic E-state index is 13.5. The van der Waals surface area contributed by atoms with Crippen molar-refractivity contribution >= 4 is 23.2 Å². The van der Waals surface area contributed by atoms with E-state index in [1.54, 1.807) is 16.2 Å². The summed E-state index contributed by atoms with van der Waals surface area (Å²) in [7, 11) is 0. The largest absolute Gasteiger partial charge is 0.491 e. The Bertz CT molecular complexity index is 948. The first-order chi connectivity index (χ1) is 15.5. The summed E-state index contributed by atoms with van der Waals surface area (Å²) in [5.41, 5.74) is 2.27. The lowest BCUT2D eigenvalue weighted by Crippen LogP contribution is -2.50. The third-order valence-electron chi connectivity index (χ3n) is 6.82. The highest BCUT2D eigenvalue weighted by molar-refractivity contribution is 7.10. The average molecular weight is 455 g/mol. The Balaban J connectivity index is 1.51. The molecule has 0 bridgehead atoms. The van der Waals surface area contributed by atoms with Gasteiger partial charge in [0.2, 0.25) is 11.8 Å². The molecule has 0 radical (unpaired) electrons. The number of aryl methyl sites for hydroxylation is 1. The molecular formula is C26H34N2O3S. The highest BCUT2D eigenvalue weighted by atomic mass is 32.1. The van der Waals surface area contributed by atoms with Gasteiger partial charge in [0.25, 0.3) is 0 Å². The molecule has 2 heterocycles. The van der Waals surface area contributed by atoms with Crippen molar-refractivity contribution in [3.05, 3.63) is 51.7 Å². The first-order valence-electron chi connectivity index (χ1n) is 11.8. The first kappa shape index (κ1) is 22.8. The van der Waals surface area contributed by atoms with Crippen LogP contribution in [0.15, 0.2) is 35.7 Å². The highest BCUT2D eigenvalue weighted by Gasteiger charge is 2.35. The Labute approximate surface area is 195 Å². The van der Waals surface area contributed by atoms with Crippen LogP contribution in [0.4, 0.5) is 0 Å². The predicted octanol–water partition coefficient (Wildman–Crippen LogP) is 4.99. The van der Waals surface area contributed by atoms with Crippen molar-refractivity contribution in [1.82, 2.24) is 9.80 Å². The van der Waals surface area contributed by atoms with Gasteiger partial charge < -0.3 is 14.5 Å². The third kappa shape index (κ3) is 4.85. The molecule has 2 aromatic rings. The van der Waals surface area contributed by atoms with Gasteiger partial charge in [-0.25, -0.2) is 0 Å². The number of ether oxygens (including phenoxy) is 1. The zero-order valence-electron chi connectivity index (χ0n) is 19.4. The van der Waals surface area contributed by atoms with Crippen LogP contribution in [0.2, 0.25) is 0 Å². The van der Waals surface area contributed by atoms with Crippen molar-refractivity contribution < 1.29 is 14.3 Å². The summed E-state index contributed by atoms with van der Waals surface area (Å²) in [6.45, 7) is 7.27. The quantitative estimate of drug-likeness (QED) is 0.592. The maximum Gasteiger partial charge on any atom is 0.242 e. The van der Waals surface area contributed by atoms with Gasteiger partial charge in [-0.3, -0.25) is 9.59 Å². The van der Waals surface area contributed by atoms with Gasteiger partial charge in [0.05, 0.1) is 6.04 Å². The number of amides is 2. The fourth-order valence-electron chi connectivity index (χ4n) is 4.92. The standard InChI is InChI=1S/C26H34N2O3S/c1-18(2)28(26(30)20-9-5-6-10-20)16-25(29)27-14-12-24-21(13-15-32-24)22(27)17-31-23-11-7-4-8-19(23)3/h4,7-8,11,13,15,18,20,22H,5-6,9-10,12,14,16-17H2,1-3H3. The van der Waals surface area contributed by atoms with E-state index >= 15 is 0 Å². The summed E-state index contributed by atoms with van der Waals surface area (Å²) < 4.78 is 6.19. The maximum atomic E-state index is 13.5. The van der Waals surface area contributed by atoms with Crippen LogP contribution in [0.3, 0.4) is 0 Å². The monoisotopic (exact) mass is 454 g/mol. The number of carbonyl (C=O) groups excluding carboxylic acids is 2. The fourth-order valence-corrected chi connectivity index (χ4v) is 5.85. The molecule has 0 N–H and O–H groups in total. The Morgan fingerprint density at radius 1 is 1.19 bits per heavy atom. The van der Waals surface area contributed by atoms with Crippen molar-refractivity contribution in [2.45, 2.75) is 65.0 Å². The van der Waals surface area contributed by atoms with Crippen LogP contribution in [-0.4, -0.2) is 47.4 Å². The van der Waals surface area contributed by atoms with Gasteiger partial charge in [0.1, 0.15) is 18.9 Å². The molecule has 1 aromatic carbocycles. The molecule has 1 unspecified atom stereocenters. The number of benzene rings is 1. The first-order valence-corrected chi connectivity index (χ1v) is 12.7. The molecule has 1 atom stereocenters. The minimum Gasteiger partial charge on any atom is -0.491 e. The molecule has 1 aliphatic heterocycles. The van der Waals surface area contributed by atoms with E-state index in [0.717, 1.165) is 43.4 Å². The Hall–Kier alpha value is -2.34. The second-order valence-corrected chi connectivity index (χ2v) is 10.3. The van der Waals surface area contributed by atoms with E-state index in [1.807, 2.05) is 49.9 Å². The van der Waals surface area contributed by atoms with E-state index < -0.39 is 0 Å². The Morgan fingerprint density at radius 2 is 1.94 bits per heavy atom. The molecule has 5 nitrogen and oxygen atoms in total. The lowest BCUT2D eigenvalue weighted by atomic mass is 10.00. The van der Waals surface area contributed by atoms with Gasteiger partial charge in [-0.05, 0) is 68.7 Å². The summed E-state index contributed by atoms with van der Waals surface area (Å²) >= 11 is 1.75. The smallest absolute Gasteiger partial charge is 0.242 e. The van der Waals surface area contributed by atoms with Gasteiger partial charge >= 0.3 is 0 Å². The SMILES string of the molecule is Cc1ccccc1OCC1c2ccsc2CCN1C(=O)CN(C(=O)C1CCCC1)C(C)C. The van der Waals surface area contributed by atoms with Crippen LogP contribution in [0, 0.1) is 12.8 Å². The van der Waals surface area contributed by atoms with Crippen LogP contribution >= 0.6 is 11.3 Å². The zero-order chi connectivity index (χ0) is 22.7. The van der Waals surface area contributed by atoms with E-state index in [2.05, 4.69) is 11.4 Å². The molecule has 0 saturated heterocycles. The number of fused-ring (bicyclic) bond motifs is 1. The van der Waals surface area contributed by atoms with Crippen LogP contribution in [0.25, 0.3) is 0 Å². The van der Waals surface area contributed by atoms with Crippen molar-refractivity contribution in [3.8, 4) is 5.75 Å². The molecule has 32 heavy (non-hydrogen) atoms. The molecule has 6 heteroatoms. The van der Waals surface area contributed by atoms with Crippen molar-refractivity contribution in [3.63, 3.8) is 0 Å². The number of carbonyl (C=O) groups is 2. The second kappa shape index (κ2) is 10.1. The van der Waals surface area contributed by atoms with Crippen LogP contribution in [0.1, 0.15) is 61.6 Å². The molecule has 2 amide bonds. The van der Waals surface area contributed by atoms with E-state index in [9.17, 15) is 9.59 Å². The van der Waals surface area contributed by atoms with Gasteiger partial charge in [-0.15, -0.1) is 11.3 Å². The van der Waals surface area contributed by atoms with Crippen molar-refractivity contribution in [1.29, 1.82) is 0 Å². The number of nitrogens with zero attached hydrogens (tertiary/aromatic N) is 2. The number of hydrogen-bond donors (Lipinski definition) is 0. The topological polar surface area (TPSA) is 49.9 Å². The normalized spacial score (nSPS) is 18.6. The molecule has 1 fully saturated rings. The number of para-hydroxylation sites is 1. The average Bonchev–Trinajstić information content (AvgIpc) is 3.48. The van der Waals surface area contributed by atoms with Crippen LogP contribution in [0.5, 0.6) is 5.75 Å². The molecule has 0 spiro atoms. The second-order valence-electron chi connectivity index (χ2n) is 9.27. The molecule has 2 aliphatic rings. The molecule has 4 rings (SSSR count). The third-order valence-corrected chi connectivity index (χ3v) is 7.82. The lowest BCUT2D eigenvalue weighted by molar-refractivity contribution is -0.146. The van der Waals surface area contributed by atoms with Gasteiger partial charge in [-0.1, -0.05) is 31.0 Å². The molecule has 1 aliphatic carbocycles. The Morgan fingerprint density at radius 3 is 2.66 bits per heavy atom. The predicted molar refractivity (Wildman–Crippen MR) is 128 cm³/mol. The highest BCUT2D eigenvalue weighted by Crippen LogP contribution is 2.34.